The first-order valence-corrected chi connectivity index (χ1v) is 7.77. The van der Waals surface area contributed by atoms with Crippen LogP contribution in [0.25, 0.3) is 5.70 Å². The van der Waals surface area contributed by atoms with Crippen molar-refractivity contribution in [2.45, 2.75) is 26.4 Å². The molecule has 2 aromatic rings. The lowest BCUT2D eigenvalue weighted by Crippen LogP contribution is -2.32. The van der Waals surface area contributed by atoms with Gasteiger partial charge < -0.3 is 10.1 Å². The number of amides is 1. The van der Waals surface area contributed by atoms with Gasteiger partial charge in [0, 0.05) is 18.7 Å². The third-order valence-electron chi connectivity index (χ3n) is 3.76. The number of fused-ring (bicyclic) bond motifs is 1. The predicted octanol–water partition coefficient (Wildman–Crippen LogP) is 2.74. The van der Waals surface area contributed by atoms with E-state index in [9.17, 15) is 14.9 Å². The van der Waals surface area contributed by atoms with E-state index in [1.165, 1.54) is 11.5 Å². The summed E-state index contributed by atoms with van der Waals surface area (Å²) in [5.41, 5.74) is 0.952. The topological polar surface area (TPSA) is 84.1 Å². The molecule has 0 unspecified atom stereocenters. The zero-order valence-electron chi connectivity index (χ0n) is 14.2. The molecule has 0 saturated heterocycles. The van der Waals surface area contributed by atoms with E-state index in [2.05, 4.69) is 11.4 Å². The summed E-state index contributed by atoms with van der Waals surface area (Å²) < 4.78 is 7.39. The van der Waals surface area contributed by atoms with Crippen LogP contribution in [0.3, 0.4) is 0 Å². The van der Waals surface area contributed by atoms with Crippen LogP contribution in [0.1, 0.15) is 31.9 Å². The Hall–Kier alpha value is -3.33. The highest BCUT2D eigenvalue weighted by Gasteiger charge is 2.28. The average Bonchev–Trinajstić information content (AvgIpc) is 2.54. The summed E-state index contributed by atoms with van der Waals surface area (Å²) in [6.07, 6.45) is 3.46. The van der Waals surface area contributed by atoms with Gasteiger partial charge in [-0.25, -0.2) is 0 Å². The van der Waals surface area contributed by atoms with Crippen LogP contribution >= 0.6 is 0 Å². The van der Waals surface area contributed by atoms with Crippen molar-refractivity contribution in [3.63, 3.8) is 0 Å². The van der Waals surface area contributed by atoms with Crippen LogP contribution in [0.4, 0.5) is 5.69 Å². The van der Waals surface area contributed by atoms with Crippen LogP contribution < -0.4 is 15.6 Å². The molecule has 1 aromatic heterocycles. The molecule has 6 nitrogen and oxygen atoms in total. The van der Waals surface area contributed by atoms with Crippen molar-refractivity contribution in [1.82, 2.24) is 4.57 Å². The van der Waals surface area contributed by atoms with Gasteiger partial charge in [0.2, 0.25) is 5.91 Å². The van der Waals surface area contributed by atoms with E-state index in [1.807, 2.05) is 19.9 Å². The second kappa shape index (κ2) is 5.95. The zero-order chi connectivity index (χ0) is 18.2. The Morgan fingerprint density at radius 1 is 1.32 bits per heavy atom. The minimum absolute atomic E-state index is 0.193. The molecular weight excluding hydrogens is 318 g/mol. The summed E-state index contributed by atoms with van der Waals surface area (Å²) in [5, 5.41) is 11.7. The number of carbonyl (C=O) groups excluding carboxylic acids is 1. The minimum Gasteiger partial charge on any atom is -0.483 e. The molecule has 0 spiro atoms. The molecule has 1 aromatic carbocycles. The van der Waals surface area contributed by atoms with Gasteiger partial charge in [-0.3, -0.25) is 14.2 Å². The quantitative estimate of drug-likeness (QED) is 0.914. The van der Waals surface area contributed by atoms with Crippen molar-refractivity contribution in [3.8, 4) is 11.8 Å². The number of rotatable bonds is 2. The maximum atomic E-state index is 12.8. The zero-order valence-corrected chi connectivity index (χ0v) is 14.2. The lowest BCUT2D eigenvalue weighted by molar-refractivity contribution is -0.114. The number of anilines is 1. The Kier molecular flexibility index (Phi) is 3.93. The van der Waals surface area contributed by atoms with Crippen LogP contribution in [-0.4, -0.2) is 16.1 Å². The molecule has 1 N–H and O–H groups in total. The predicted molar refractivity (Wildman–Crippen MR) is 94.2 cm³/mol. The number of pyridine rings is 1. The smallest absolute Gasteiger partial charge is 0.278 e. The monoisotopic (exact) mass is 335 g/mol. The van der Waals surface area contributed by atoms with Crippen LogP contribution in [-0.2, 0) is 4.79 Å². The second-order valence-corrected chi connectivity index (χ2v) is 6.34. The summed E-state index contributed by atoms with van der Waals surface area (Å²) in [6.45, 7) is 5.12. The van der Waals surface area contributed by atoms with Crippen LogP contribution in [0.15, 0.2) is 47.4 Å². The molecule has 6 heteroatoms. The Bertz CT molecular complexity index is 994. The van der Waals surface area contributed by atoms with Gasteiger partial charge in [-0.05, 0) is 50.3 Å². The standard InChI is InChI=1S/C19H17N3O3/c1-12(23)21-15-5-4-8-22(18(15)24)16-10-19(2,3)25-17-7-6-13(11-20)9-14(16)17/h4-10H,1-3H3,(H,21,23). The van der Waals surface area contributed by atoms with Crippen molar-refractivity contribution in [2.24, 2.45) is 0 Å². The molecule has 1 amide bonds. The molecule has 0 fully saturated rings. The molecule has 2 heterocycles. The highest BCUT2D eigenvalue weighted by molar-refractivity contribution is 5.88. The van der Waals surface area contributed by atoms with Gasteiger partial charge in [0.05, 0.1) is 17.3 Å². The molecule has 0 aliphatic carbocycles. The van der Waals surface area contributed by atoms with Crippen LogP contribution in [0.2, 0.25) is 0 Å². The van der Waals surface area contributed by atoms with E-state index in [0.717, 1.165) is 0 Å². The van der Waals surface area contributed by atoms with Gasteiger partial charge in [-0.15, -0.1) is 0 Å². The van der Waals surface area contributed by atoms with Gasteiger partial charge in [0.15, 0.2) is 0 Å². The molecule has 25 heavy (non-hydrogen) atoms. The molecule has 1 aliphatic heterocycles. The molecule has 0 radical (unpaired) electrons. The summed E-state index contributed by atoms with van der Waals surface area (Å²) in [7, 11) is 0. The van der Waals surface area contributed by atoms with E-state index in [-0.39, 0.29) is 17.2 Å². The third kappa shape index (κ3) is 3.17. The summed E-state index contributed by atoms with van der Waals surface area (Å²) in [5.74, 6) is 0.279. The number of nitriles is 1. The fourth-order valence-corrected chi connectivity index (χ4v) is 2.78. The maximum Gasteiger partial charge on any atom is 0.278 e. The highest BCUT2D eigenvalue weighted by Crippen LogP contribution is 2.36. The van der Waals surface area contributed by atoms with E-state index in [0.29, 0.717) is 22.6 Å². The fraction of sp³-hybridized carbons (Fsp3) is 0.211. The lowest BCUT2D eigenvalue weighted by Gasteiger charge is -2.31. The number of nitrogens with one attached hydrogen (secondary N) is 1. The van der Waals surface area contributed by atoms with Crippen LogP contribution in [0, 0.1) is 11.3 Å². The van der Waals surface area contributed by atoms with Crippen molar-refractivity contribution in [2.75, 3.05) is 5.32 Å². The normalized spacial score (nSPS) is 14.6. The van der Waals surface area contributed by atoms with Gasteiger partial charge in [-0.2, -0.15) is 5.26 Å². The molecule has 0 bridgehead atoms. The highest BCUT2D eigenvalue weighted by atomic mass is 16.5. The summed E-state index contributed by atoms with van der Waals surface area (Å²) in [6, 6.07) is 10.4. The number of hydrogen-bond donors (Lipinski definition) is 1. The number of hydrogen-bond acceptors (Lipinski definition) is 4. The van der Waals surface area contributed by atoms with Crippen LogP contribution in [0.5, 0.6) is 5.75 Å². The van der Waals surface area contributed by atoms with Gasteiger partial charge in [-0.1, -0.05) is 0 Å². The summed E-state index contributed by atoms with van der Waals surface area (Å²) in [4.78, 5) is 24.1. The molecule has 1 aliphatic rings. The first-order chi connectivity index (χ1) is 11.8. The molecule has 0 atom stereocenters. The number of aromatic nitrogens is 1. The number of ether oxygens (including phenoxy) is 1. The summed E-state index contributed by atoms with van der Waals surface area (Å²) >= 11 is 0. The maximum absolute atomic E-state index is 12.8. The minimum atomic E-state index is -0.625. The van der Waals surface area contributed by atoms with E-state index in [1.54, 1.807) is 36.5 Å². The largest absolute Gasteiger partial charge is 0.483 e. The van der Waals surface area contributed by atoms with Crippen molar-refractivity contribution in [3.05, 3.63) is 64.1 Å². The van der Waals surface area contributed by atoms with Crippen molar-refractivity contribution >= 4 is 17.3 Å². The first kappa shape index (κ1) is 16.5. The second-order valence-electron chi connectivity index (χ2n) is 6.34. The Balaban J connectivity index is 2.23. The van der Waals surface area contributed by atoms with Gasteiger partial charge >= 0.3 is 0 Å². The number of nitrogens with zero attached hydrogens (tertiary/aromatic N) is 2. The number of carbonyl (C=O) groups is 1. The molecule has 0 saturated carbocycles. The first-order valence-electron chi connectivity index (χ1n) is 7.77. The molecule has 3 rings (SSSR count). The Morgan fingerprint density at radius 2 is 2.08 bits per heavy atom. The molecular formula is C19H17N3O3. The SMILES string of the molecule is CC(=O)Nc1cccn(C2=CC(C)(C)Oc3ccc(C#N)cc32)c1=O. The third-order valence-corrected chi connectivity index (χ3v) is 3.76. The van der Waals surface area contributed by atoms with Gasteiger partial charge in [0.1, 0.15) is 17.0 Å². The van der Waals surface area contributed by atoms with Crippen molar-refractivity contribution < 1.29 is 9.53 Å². The molecule has 126 valence electrons. The fourth-order valence-electron chi connectivity index (χ4n) is 2.78. The lowest BCUT2D eigenvalue weighted by atomic mass is 9.97. The average molecular weight is 335 g/mol. The van der Waals surface area contributed by atoms with Gasteiger partial charge in [0.25, 0.3) is 5.56 Å². The van der Waals surface area contributed by atoms with E-state index in [4.69, 9.17) is 4.74 Å². The Morgan fingerprint density at radius 3 is 2.76 bits per heavy atom. The van der Waals surface area contributed by atoms with E-state index >= 15 is 0 Å². The van der Waals surface area contributed by atoms with E-state index < -0.39 is 5.60 Å². The number of benzene rings is 1. The van der Waals surface area contributed by atoms with Crippen molar-refractivity contribution in [1.29, 1.82) is 5.26 Å². The Labute approximate surface area is 145 Å².